The number of hydrogen-bond acceptors (Lipinski definition) is 4. The van der Waals surface area contributed by atoms with Crippen LogP contribution in [-0.4, -0.2) is 28.2 Å². The van der Waals surface area contributed by atoms with E-state index in [9.17, 15) is 21.6 Å². The van der Waals surface area contributed by atoms with Crippen LogP contribution in [-0.2, 0) is 16.2 Å². The van der Waals surface area contributed by atoms with Gasteiger partial charge in [-0.2, -0.15) is 13.2 Å². The summed E-state index contributed by atoms with van der Waals surface area (Å²) in [6, 6.07) is 10.4. The molecule has 0 aliphatic rings. The lowest BCUT2D eigenvalue weighted by Gasteiger charge is -2.11. The molecule has 0 bridgehead atoms. The van der Waals surface area contributed by atoms with Gasteiger partial charge in [-0.05, 0) is 48.9 Å². The fraction of sp³-hybridized carbons (Fsp3) is 0.368. The van der Waals surface area contributed by atoms with E-state index in [0.717, 1.165) is 25.0 Å². The highest BCUT2D eigenvalue weighted by atomic mass is 32.2. The van der Waals surface area contributed by atoms with E-state index in [2.05, 4.69) is 4.72 Å². The van der Waals surface area contributed by atoms with Crippen molar-refractivity contribution < 1.29 is 31.1 Å². The van der Waals surface area contributed by atoms with Gasteiger partial charge in [-0.15, -0.1) is 0 Å². The van der Waals surface area contributed by atoms with Gasteiger partial charge in [0.05, 0.1) is 17.1 Å². The van der Waals surface area contributed by atoms with Crippen molar-refractivity contribution in [3.05, 3.63) is 54.1 Å². The molecule has 154 valence electrons. The first-order chi connectivity index (χ1) is 13.2. The van der Waals surface area contributed by atoms with Gasteiger partial charge in [-0.1, -0.05) is 19.4 Å². The first-order valence-electron chi connectivity index (χ1n) is 8.75. The van der Waals surface area contributed by atoms with Gasteiger partial charge in [0.25, 0.3) is 0 Å². The summed E-state index contributed by atoms with van der Waals surface area (Å²) in [4.78, 5) is 0.0643. The molecule has 0 spiro atoms. The Labute approximate surface area is 162 Å². The smallest absolute Gasteiger partial charge is 0.416 e. The standard InChI is InChI=1S/C19H22F3NO4S/c1-2-3-12-26-16-7-9-18(10-8-16)28(24,25)23-11-13-27-17-6-4-5-15(14-17)19(20,21)22/h4-10,14,23H,2-3,11-13H2,1H3. The highest BCUT2D eigenvalue weighted by molar-refractivity contribution is 7.89. The zero-order chi connectivity index (χ0) is 20.6. The van der Waals surface area contributed by atoms with Crippen molar-refractivity contribution in [3.8, 4) is 11.5 Å². The lowest BCUT2D eigenvalue weighted by atomic mass is 10.2. The fourth-order valence-electron chi connectivity index (χ4n) is 2.24. The van der Waals surface area contributed by atoms with Crippen molar-refractivity contribution in [3.63, 3.8) is 0 Å². The number of rotatable bonds is 10. The topological polar surface area (TPSA) is 64.6 Å². The minimum absolute atomic E-state index is 0.0163. The largest absolute Gasteiger partial charge is 0.494 e. The predicted octanol–water partition coefficient (Wildman–Crippen LogP) is 4.24. The van der Waals surface area contributed by atoms with E-state index in [4.69, 9.17) is 9.47 Å². The highest BCUT2D eigenvalue weighted by Gasteiger charge is 2.30. The van der Waals surface area contributed by atoms with Gasteiger partial charge in [-0.25, -0.2) is 13.1 Å². The molecule has 9 heteroatoms. The second-order valence-corrected chi connectivity index (χ2v) is 7.71. The molecule has 0 saturated carbocycles. The Morgan fingerprint density at radius 2 is 1.64 bits per heavy atom. The number of unbranched alkanes of at least 4 members (excludes halogenated alkanes) is 1. The van der Waals surface area contributed by atoms with E-state index < -0.39 is 21.8 Å². The number of ether oxygens (including phenoxy) is 2. The molecule has 0 aliphatic carbocycles. The third kappa shape index (κ3) is 6.72. The van der Waals surface area contributed by atoms with E-state index in [-0.39, 0.29) is 23.8 Å². The van der Waals surface area contributed by atoms with Crippen molar-refractivity contribution in [2.75, 3.05) is 19.8 Å². The Hall–Kier alpha value is -2.26. The summed E-state index contributed by atoms with van der Waals surface area (Å²) < 4.78 is 75.5. The van der Waals surface area contributed by atoms with Gasteiger partial charge in [-0.3, -0.25) is 0 Å². The number of alkyl halides is 3. The molecule has 0 aromatic heterocycles. The predicted molar refractivity (Wildman–Crippen MR) is 99.0 cm³/mol. The summed E-state index contributed by atoms with van der Waals surface area (Å²) >= 11 is 0. The Kier molecular flexibility index (Phi) is 7.70. The van der Waals surface area contributed by atoms with E-state index in [1.807, 2.05) is 6.92 Å². The van der Waals surface area contributed by atoms with Gasteiger partial charge >= 0.3 is 6.18 Å². The second-order valence-electron chi connectivity index (χ2n) is 5.95. The molecule has 0 unspecified atom stereocenters. The van der Waals surface area contributed by atoms with Crippen LogP contribution < -0.4 is 14.2 Å². The minimum Gasteiger partial charge on any atom is -0.494 e. The summed E-state index contributed by atoms with van der Waals surface area (Å²) in [5.74, 6) is 0.600. The van der Waals surface area contributed by atoms with Gasteiger partial charge in [0.2, 0.25) is 10.0 Å². The van der Waals surface area contributed by atoms with E-state index >= 15 is 0 Å². The molecule has 2 aromatic carbocycles. The van der Waals surface area contributed by atoms with Crippen LogP contribution >= 0.6 is 0 Å². The molecule has 0 fully saturated rings. The molecular weight excluding hydrogens is 395 g/mol. The lowest BCUT2D eigenvalue weighted by molar-refractivity contribution is -0.137. The van der Waals surface area contributed by atoms with Crippen molar-refractivity contribution in [1.29, 1.82) is 0 Å². The summed E-state index contributed by atoms with van der Waals surface area (Å²) in [6.45, 7) is 2.40. The summed E-state index contributed by atoms with van der Waals surface area (Å²) in [5.41, 5.74) is -0.827. The first-order valence-corrected chi connectivity index (χ1v) is 10.2. The molecule has 2 aromatic rings. The van der Waals surface area contributed by atoms with Crippen LogP contribution in [0.3, 0.4) is 0 Å². The molecule has 0 heterocycles. The zero-order valence-electron chi connectivity index (χ0n) is 15.3. The summed E-state index contributed by atoms with van der Waals surface area (Å²) in [6.07, 6.45) is -2.56. The number of benzene rings is 2. The maximum absolute atomic E-state index is 12.7. The highest BCUT2D eigenvalue weighted by Crippen LogP contribution is 2.31. The molecule has 0 radical (unpaired) electrons. The van der Waals surface area contributed by atoms with Crippen LogP contribution in [0.4, 0.5) is 13.2 Å². The van der Waals surface area contributed by atoms with Gasteiger partial charge in [0.15, 0.2) is 0 Å². The molecule has 0 atom stereocenters. The number of halogens is 3. The lowest BCUT2D eigenvalue weighted by Crippen LogP contribution is -2.28. The normalized spacial score (nSPS) is 12.0. The molecule has 0 saturated heterocycles. The third-order valence-corrected chi connectivity index (χ3v) is 5.20. The van der Waals surface area contributed by atoms with Crippen LogP contribution in [0.15, 0.2) is 53.4 Å². The quantitative estimate of drug-likeness (QED) is 0.588. The van der Waals surface area contributed by atoms with E-state index in [1.165, 1.54) is 24.3 Å². The summed E-state index contributed by atoms with van der Waals surface area (Å²) in [5, 5.41) is 0. The van der Waals surface area contributed by atoms with Crippen LogP contribution in [0.2, 0.25) is 0 Å². The molecule has 5 nitrogen and oxygen atoms in total. The van der Waals surface area contributed by atoms with E-state index in [1.54, 1.807) is 12.1 Å². The van der Waals surface area contributed by atoms with Gasteiger partial charge in [0, 0.05) is 6.54 Å². The first kappa shape index (κ1) is 22.0. The van der Waals surface area contributed by atoms with Gasteiger partial charge < -0.3 is 9.47 Å². The number of sulfonamides is 1. The van der Waals surface area contributed by atoms with Crippen molar-refractivity contribution in [2.45, 2.75) is 30.8 Å². The molecule has 0 aliphatic heterocycles. The Morgan fingerprint density at radius 1 is 0.964 bits per heavy atom. The Morgan fingerprint density at radius 3 is 2.29 bits per heavy atom. The third-order valence-electron chi connectivity index (χ3n) is 3.72. The minimum atomic E-state index is -4.46. The van der Waals surface area contributed by atoms with Crippen LogP contribution in [0.5, 0.6) is 11.5 Å². The van der Waals surface area contributed by atoms with Crippen LogP contribution in [0, 0.1) is 0 Å². The maximum atomic E-state index is 12.7. The zero-order valence-corrected chi connectivity index (χ0v) is 16.1. The summed E-state index contributed by atoms with van der Waals surface area (Å²) in [7, 11) is -3.75. The maximum Gasteiger partial charge on any atom is 0.416 e. The monoisotopic (exact) mass is 417 g/mol. The average Bonchev–Trinajstić information content (AvgIpc) is 2.65. The van der Waals surface area contributed by atoms with E-state index in [0.29, 0.717) is 12.4 Å². The van der Waals surface area contributed by atoms with Crippen molar-refractivity contribution in [1.82, 2.24) is 4.72 Å². The van der Waals surface area contributed by atoms with Gasteiger partial charge in [0.1, 0.15) is 18.1 Å². The fourth-order valence-corrected chi connectivity index (χ4v) is 3.25. The average molecular weight is 417 g/mol. The SMILES string of the molecule is CCCCOc1ccc(S(=O)(=O)NCCOc2cccc(C(F)(F)F)c2)cc1. The van der Waals surface area contributed by atoms with Crippen LogP contribution in [0.1, 0.15) is 25.3 Å². The second kappa shape index (κ2) is 9.79. The molecular formula is C19H22F3NO4S. The molecule has 2 rings (SSSR count). The number of nitrogens with one attached hydrogen (secondary N) is 1. The van der Waals surface area contributed by atoms with Crippen LogP contribution in [0.25, 0.3) is 0 Å². The molecule has 1 N–H and O–H groups in total. The Bertz CT molecular complexity index is 852. The molecule has 0 amide bonds. The number of hydrogen-bond donors (Lipinski definition) is 1. The van der Waals surface area contributed by atoms with Crippen molar-refractivity contribution in [2.24, 2.45) is 0 Å². The Balaban J connectivity index is 1.85. The van der Waals surface area contributed by atoms with Crippen molar-refractivity contribution >= 4 is 10.0 Å². The molecule has 28 heavy (non-hydrogen) atoms.